The first kappa shape index (κ1) is 18.1. The van der Waals surface area contributed by atoms with Gasteiger partial charge in [-0.25, -0.2) is 4.98 Å². The minimum atomic E-state index is -0.374. The molecule has 130 valence electrons. The number of anilines is 1. The molecule has 5 nitrogen and oxygen atoms in total. The van der Waals surface area contributed by atoms with Crippen molar-refractivity contribution in [3.8, 4) is 11.8 Å². The van der Waals surface area contributed by atoms with Crippen LogP contribution in [0.15, 0.2) is 66.1 Å². The van der Waals surface area contributed by atoms with E-state index in [2.05, 4.69) is 16.4 Å². The standard InChI is InChI=1S/C19H15ClN4OS/c1-13(18(25)23-16-6-2-4-14(10-16)12-21)26-19-22-8-9-24(19)17-7-3-5-15(20)11-17/h2-11,13H,1H3,(H,23,25). The minimum Gasteiger partial charge on any atom is -0.325 e. The van der Waals surface area contributed by atoms with Crippen LogP contribution < -0.4 is 5.32 Å². The number of imidazole rings is 1. The van der Waals surface area contributed by atoms with Crippen LogP contribution in [-0.2, 0) is 4.79 Å². The molecule has 0 aliphatic heterocycles. The van der Waals surface area contributed by atoms with Gasteiger partial charge in [-0.05, 0) is 43.3 Å². The first-order valence-corrected chi connectivity index (χ1v) is 9.09. The van der Waals surface area contributed by atoms with E-state index in [9.17, 15) is 4.79 Å². The van der Waals surface area contributed by atoms with Crippen LogP contribution >= 0.6 is 23.4 Å². The first-order valence-electron chi connectivity index (χ1n) is 7.84. The number of halogens is 1. The van der Waals surface area contributed by atoms with Gasteiger partial charge in [0.05, 0.1) is 16.9 Å². The van der Waals surface area contributed by atoms with E-state index in [1.807, 2.05) is 35.9 Å². The number of benzene rings is 2. The van der Waals surface area contributed by atoms with Crippen LogP contribution in [0.5, 0.6) is 0 Å². The lowest BCUT2D eigenvalue weighted by atomic mass is 10.2. The van der Waals surface area contributed by atoms with Gasteiger partial charge in [0, 0.05) is 28.8 Å². The molecule has 1 atom stereocenters. The highest BCUT2D eigenvalue weighted by Gasteiger charge is 2.18. The summed E-state index contributed by atoms with van der Waals surface area (Å²) in [7, 11) is 0. The van der Waals surface area contributed by atoms with Crippen molar-refractivity contribution in [3.63, 3.8) is 0 Å². The predicted octanol–water partition coefficient (Wildman–Crippen LogP) is 4.52. The zero-order valence-electron chi connectivity index (χ0n) is 13.9. The Kier molecular flexibility index (Phi) is 5.61. The molecule has 7 heteroatoms. The molecular formula is C19H15ClN4OS. The van der Waals surface area contributed by atoms with E-state index in [0.717, 1.165) is 5.69 Å². The molecule has 0 radical (unpaired) electrons. The van der Waals surface area contributed by atoms with Gasteiger partial charge in [0.25, 0.3) is 0 Å². The predicted molar refractivity (Wildman–Crippen MR) is 104 cm³/mol. The molecule has 3 rings (SSSR count). The molecule has 0 aliphatic rings. The van der Waals surface area contributed by atoms with Crippen molar-refractivity contribution in [3.05, 3.63) is 71.5 Å². The molecule has 3 aromatic rings. The number of amides is 1. The number of hydrogen-bond acceptors (Lipinski definition) is 4. The second kappa shape index (κ2) is 8.09. The highest BCUT2D eigenvalue weighted by Crippen LogP contribution is 2.26. The fraction of sp³-hybridized carbons (Fsp3) is 0.105. The van der Waals surface area contributed by atoms with Crippen LogP contribution in [0, 0.1) is 11.3 Å². The Morgan fingerprint density at radius 3 is 2.88 bits per heavy atom. The SMILES string of the molecule is CC(Sc1nccn1-c1cccc(Cl)c1)C(=O)Nc1cccc(C#N)c1. The van der Waals surface area contributed by atoms with Crippen LogP contribution in [0.3, 0.4) is 0 Å². The van der Waals surface area contributed by atoms with E-state index >= 15 is 0 Å². The van der Waals surface area contributed by atoms with Crippen molar-refractivity contribution in [2.24, 2.45) is 0 Å². The molecule has 0 bridgehead atoms. The lowest BCUT2D eigenvalue weighted by Gasteiger charge is -2.13. The zero-order chi connectivity index (χ0) is 18.5. The summed E-state index contributed by atoms with van der Waals surface area (Å²) in [4.78, 5) is 16.8. The Morgan fingerprint density at radius 1 is 1.31 bits per heavy atom. The highest BCUT2D eigenvalue weighted by atomic mass is 35.5. The normalized spacial score (nSPS) is 11.6. The minimum absolute atomic E-state index is 0.161. The highest BCUT2D eigenvalue weighted by molar-refractivity contribution is 8.00. The Labute approximate surface area is 160 Å². The number of nitrogens with one attached hydrogen (secondary N) is 1. The third-order valence-corrected chi connectivity index (χ3v) is 4.92. The van der Waals surface area contributed by atoms with Crippen molar-refractivity contribution >= 4 is 35.0 Å². The molecule has 2 aromatic carbocycles. The molecule has 0 aliphatic carbocycles. The van der Waals surface area contributed by atoms with Gasteiger partial charge in [0.2, 0.25) is 5.91 Å². The maximum Gasteiger partial charge on any atom is 0.237 e. The monoisotopic (exact) mass is 382 g/mol. The van der Waals surface area contributed by atoms with Gasteiger partial charge >= 0.3 is 0 Å². The number of aromatic nitrogens is 2. The Bertz CT molecular complexity index is 979. The van der Waals surface area contributed by atoms with Crippen molar-refractivity contribution in [1.29, 1.82) is 5.26 Å². The summed E-state index contributed by atoms with van der Waals surface area (Å²) in [5.74, 6) is -0.161. The van der Waals surface area contributed by atoms with Gasteiger partial charge in [0.15, 0.2) is 5.16 Å². The van der Waals surface area contributed by atoms with Crippen LogP contribution in [0.4, 0.5) is 5.69 Å². The first-order chi connectivity index (χ1) is 12.6. The third kappa shape index (κ3) is 4.26. The topological polar surface area (TPSA) is 70.7 Å². The smallest absolute Gasteiger partial charge is 0.237 e. The van der Waals surface area contributed by atoms with Gasteiger partial charge in [-0.2, -0.15) is 5.26 Å². The quantitative estimate of drug-likeness (QED) is 0.659. The van der Waals surface area contributed by atoms with E-state index in [1.165, 1.54) is 11.8 Å². The Hall–Kier alpha value is -2.75. The van der Waals surface area contributed by atoms with Gasteiger partial charge in [-0.1, -0.05) is 35.5 Å². The molecule has 0 fully saturated rings. The number of nitrogens with zero attached hydrogens (tertiary/aromatic N) is 3. The molecule has 1 N–H and O–H groups in total. The Balaban J connectivity index is 1.72. The summed E-state index contributed by atoms with van der Waals surface area (Å²) in [5, 5.41) is 12.7. The largest absolute Gasteiger partial charge is 0.325 e. The van der Waals surface area contributed by atoms with Crippen molar-refractivity contribution < 1.29 is 4.79 Å². The van der Waals surface area contributed by atoms with Gasteiger partial charge in [-0.15, -0.1) is 0 Å². The summed E-state index contributed by atoms with van der Waals surface area (Å²) in [6.07, 6.45) is 3.51. The number of rotatable bonds is 5. The van der Waals surface area contributed by atoms with Crippen molar-refractivity contribution in [2.45, 2.75) is 17.3 Å². The van der Waals surface area contributed by atoms with Crippen LogP contribution in [0.1, 0.15) is 12.5 Å². The average molecular weight is 383 g/mol. The summed E-state index contributed by atoms with van der Waals surface area (Å²) in [6.45, 7) is 1.81. The summed E-state index contributed by atoms with van der Waals surface area (Å²) >= 11 is 7.40. The molecule has 1 heterocycles. The van der Waals surface area contributed by atoms with E-state index in [0.29, 0.717) is 21.4 Å². The summed E-state index contributed by atoms with van der Waals surface area (Å²) in [6, 6.07) is 16.3. The molecule has 1 unspecified atom stereocenters. The van der Waals surface area contributed by atoms with E-state index in [4.69, 9.17) is 16.9 Å². The van der Waals surface area contributed by atoms with Gasteiger partial charge in [-0.3, -0.25) is 9.36 Å². The second-order valence-electron chi connectivity index (χ2n) is 5.50. The number of thioether (sulfide) groups is 1. The van der Waals surface area contributed by atoms with Crippen LogP contribution in [0.2, 0.25) is 5.02 Å². The van der Waals surface area contributed by atoms with Crippen LogP contribution in [-0.4, -0.2) is 20.7 Å². The number of carbonyl (C=O) groups excluding carboxylic acids is 1. The summed E-state index contributed by atoms with van der Waals surface area (Å²) < 4.78 is 1.89. The molecule has 0 saturated carbocycles. The summed E-state index contributed by atoms with van der Waals surface area (Å²) in [5.41, 5.74) is 1.98. The van der Waals surface area contributed by atoms with Crippen molar-refractivity contribution in [1.82, 2.24) is 9.55 Å². The number of hydrogen-bond donors (Lipinski definition) is 1. The molecular weight excluding hydrogens is 368 g/mol. The van der Waals surface area contributed by atoms with Gasteiger partial charge < -0.3 is 5.32 Å². The van der Waals surface area contributed by atoms with Gasteiger partial charge in [0.1, 0.15) is 0 Å². The fourth-order valence-corrected chi connectivity index (χ4v) is 3.39. The zero-order valence-corrected chi connectivity index (χ0v) is 15.5. The maximum atomic E-state index is 12.5. The molecule has 26 heavy (non-hydrogen) atoms. The lowest BCUT2D eigenvalue weighted by Crippen LogP contribution is -2.22. The Morgan fingerprint density at radius 2 is 2.12 bits per heavy atom. The maximum absolute atomic E-state index is 12.5. The number of nitriles is 1. The lowest BCUT2D eigenvalue weighted by molar-refractivity contribution is -0.115. The average Bonchev–Trinajstić information content (AvgIpc) is 3.10. The van der Waals surface area contributed by atoms with Crippen LogP contribution in [0.25, 0.3) is 5.69 Å². The van der Waals surface area contributed by atoms with Crippen molar-refractivity contribution in [2.75, 3.05) is 5.32 Å². The third-order valence-electron chi connectivity index (χ3n) is 3.60. The van der Waals surface area contributed by atoms with E-state index in [-0.39, 0.29) is 11.2 Å². The van der Waals surface area contributed by atoms with E-state index < -0.39 is 0 Å². The molecule has 0 saturated heterocycles. The van der Waals surface area contributed by atoms with E-state index in [1.54, 1.807) is 36.5 Å². The number of carbonyl (C=O) groups is 1. The second-order valence-corrected chi connectivity index (χ2v) is 7.25. The molecule has 1 aromatic heterocycles. The molecule has 1 amide bonds. The molecule has 0 spiro atoms. The fourth-order valence-electron chi connectivity index (χ4n) is 2.32.